The number of hydrogen-bond donors (Lipinski definition) is 3. The Bertz CT molecular complexity index is 294. The van der Waals surface area contributed by atoms with Gasteiger partial charge >= 0.3 is 5.97 Å². The van der Waals surface area contributed by atoms with Gasteiger partial charge in [-0.3, -0.25) is 4.79 Å². The molecule has 2 aliphatic rings. The maximum absolute atomic E-state index is 10.7. The molecule has 0 bridgehead atoms. The summed E-state index contributed by atoms with van der Waals surface area (Å²) in [7, 11) is 0. The van der Waals surface area contributed by atoms with Crippen LogP contribution in [-0.4, -0.2) is 30.2 Å². The molecule has 0 radical (unpaired) electrons. The molecule has 0 saturated carbocycles. The largest absolute Gasteiger partial charge is 0.480 e. The fraction of sp³-hybridized carbons (Fsp3) is 0.444. The standard InChI is InChI=1S/C9H12N2O2/c12-9(13)8-3-7-4-10-2-1-6(7)5-11-8/h1-2,8,10-11H,3-5H2,(H,12,13). The van der Waals surface area contributed by atoms with Gasteiger partial charge in [-0.15, -0.1) is 0 Å². The normalized spacial score (nSPS) is 26.6. The Morgan fingerprint density at radius 1 is 1.54 bits per heavy atom. The molecule has 1 atom stereocenters. The maximum atomic E-state index is 10.7. The highest BCUT2D eigenvalue weighted by molar-refractivity contribution is 5.74. The first-order valence-corrected chi connectivity index (χ1v) is 4.34. The van der Waals surface area contributed by atoms with Crippen molar-refractivity contribution in [3.05, 3.63) is 23.4 Å². The van der Waals surface area contributed by atoms with Crippen molar-refractivity contribution in [1.82, 2.24) is 10.6 Å². The predicted octanol–water partition coefficient (Wildman–Crippen LogP) is -0.154. The molecule has 0 aromatic heterocycles. The number of aliphatic carboxylic acids is 1. The summed E-state index contributed by atoms with van der Waals surface area (Å²) in [5.41, 5.74) is 2.45. The lowest BCUT2D eigenvalue weighted by Gasteiger charge is -2.27. The third-order valence-electron chi connectivity index (χ3n) is 2.46. The second kappa shape index (κ2) is 3.22. The van der Waals surface area contributed by atoms with Gasteiger partial charge in [0.1, 0.15) is 6.04 Å². The van der Waals surface area contributed by atoms with E-state index in [4.69, 9.17) is 5.11 Å². The fourth-order valence-electron chi connectivity index (χ4n) is 1.69. The van der Waals surface area contributed by atoms with Crippen molar-refractivity contribution in [3.63, 3.8) is 0 Å². The number of carboxylic acids is 1. The average molecular weight is 180 g/mol. The van der Waals surface area contributed by atoms with Crippen molar-refractivity contribution in [2.24, 2.45) is 0 Å². The van der Waals surface area contributed by atoms with E-state index in [9.17, 15) is 4.79 Å². The molecule has 4 nitrogen and oxygen atoms in total. The highest BCUT2D eigenvalue weighted by atomic mass is 16.4. The zero-order chi connectivity index (χ0) is 9.26. The van der Waals surface area contributed by atoms with Crippen LogP contribution in [0, 0.1) is 0 Å². The van der Waals surface area contributed by atoms with E-state index >= 15 is 0 Å². The number of rotatable bonds is 1. The van der Waals surface area contributed by atoms with Gasteiger partial charge in [-0.05, 0) is 29.8 Å². The van der Waals surface area contributed by atoms with Crippen molar-refractivity contribution >= 4 is 5.97 Å². The smallest absolute Gasteiger partial charge is 0.321 e. The molecule has 3 N–H and O–H groups in total. The Kier molecular flexibility index (Phi) is 2.06. The molecule has 0 aromatic rings. The molecule has 0 spiro atoms. The second-order valence-corrected chi connectivity index (χ2v) is 3.32. The quantitative estimate of drug-likeness (QED) is 0.525. The van der Waals surface area contributed by atoms with Crippen LogP contribution in [-0.2, 0) is 4.79 Å². The molecule has 0 amide bonds. The third-order valence-corrected chi connectivity index (χ3v) is 2.46. The van der Waals surface area contributed by atoms with Gasteiger partial charge in [-0.1, -0.05) is 0 Å². The van der Waals surface area contributed by atoms with Crippen LogP contribution in [0.2, 0.25) is 0 Å². The topological polar surface area (TPSA) is 61.4 Å². The Morgan fingerprint density at radius 2 is 2.38 bits per heavy atom. The molecule has 70 valence electrons. The van der Waals surface area contributed by atoms with E-state index in [1.807, 2.05) is 12.3 Å². The zero-order valence-electron chi connectivity index (χ0n) is 7.21. The monoisotopic (exact) mass is 180 g/mol. The van der Waals surface area contributed by atoms with Crippen LogP contribution in [0.3, 0.4) is 0 Å². The van der Waals surface area contributed by atoms with Crippen molar-refractivity contribution in [2.45, 2.75) is 12.5 Å². The van der Waals surface area contributed by atoms with Crippen molar-refractivity contribution in [2.75, 3.05) is 13.1 Å². The Balaban J connectivity index is 2.14. The first-order valence-electron chi connectivity index (χ1n) is 4.34. The first kappa shape index (κ1) is 8.31. The summed E-state index contributed by atoms with van der Waals surface area (Å²) in [5, 5.41) is 14.9. The molecule has 0 aliphatic carbocycles. The summed E-state index contributed by atoms with van der Waals surface area (Å²) in [6.07, 6.45) is 4.52. The van der Waals surface area contributed by atoms with E-state index in [0.29, 0.717) is 13.0 Å². The van der Waals surface area contributed by atoms with Gasteiger partial charge < -0.3 is 15.7 Å². The van der Waals surface area contributed by atoms with Crippen molar-refractivity contribution in [1.29, 1.82) is 0 Å². The Labute approximate surface area is 76.3 Å². The van der Waals surface area contributed by atoms with E-state index < -0.39 is 12.0 Å². The second-order valence-electron chi connectivity index (χ2n) is 3.32. The van der Waals surface area contributed by atoms with Gasteiger partial charge in [0.25, 0.3) is 0 Å². The van der Waals surface area contributed by atoms with E-state index in [0.717, 1.165) is 6.54 Å². The van der Waals surface area contributed by atoms with Crippen molar-refractivity contribution < 1.29 is 9.90 Å². The van der Waals surface area contributed by atoms with Gasteiger partial charge in [-0.2, -0.15) is 0 Å². The highest BCUT2D eigenvalue weighted by Crippen LogP contribution is 2.19. The number of carbonyl (C=O) groups is 1. The Morgan fingerprint density at radius 3 is 3.15 bits per heavy atom. The average Bonchev–Trinajstić information content (AvgIpc) is 2.17. The summed E-state index contributed by atoms with van der Waals surface area (Å²) >= 11 is 0. The van der Waals surface area contributed by atoms with Crippen LogP contribution in [0.25, 0.3) is 0 Å². The first-order chi connectivity index (χ1) is 6.27. The van der Waals surface area contributed by atoms with E-state index in [1.54, 1.807) is 0 Å². The summed E-state index contributed by atoms with van der Waals surface area (Å²) in [6, 6.07) is -0.410. The van der Waals surface area contributed by atoms with Gasteiger partial charge in [-0.25, -0.2) is 0 Å². The minimum atomic E-state index is -0.763. The summed E-state index contributed by atoms with van der Waals surface area (Å²) in [4.78, 5) is 10.7. The van der Waals surface area contributed by atoms with Crippen LogP contribution >= 0.6 is 0 Å². The number of nitrogens with one attached hydrogen (secondary N) is 2. The van der Waals surface area contributed by atoms with Crippen LogP contribution < -0.4 is 10.6 Å². The molecule has 13 heavy (non-hydrogen) atoms. The number of hydrogen-bond acceptors (Lipinski definition) is 3. The molecule has 4 heteroatoms. The summed E-state index contributed by atoms with van der Waals surface area (Å²) < 4.78 is 0. The predicted molar refractivity (Wildman–Crippen MR) is 48.2 cm³/mol. The molecule has 2 aliphatic heterocycles. The third kappa shape index (κ3) is 1.58. The van der Waals surface area contributed by atoms with E-state index in [1.165, 1.54) is 11.1 Å². The molecular weight excluding hydrogens is 168 g/mol. The van der Waals surface area contributed by atoms with Gasteiger partial charge in [0.15, 0.2) is 0 Å². The van der Waals surface area contributed by atoms with Gasteiger partial charge in [0.2, 0.25) is 0 Å². The van der Waals surface area contributed by atoms with Crippen LogP contribution in [0.1, 0.15) is 6.42 Å². The molecule has 1 unspecified atom stereocenters. The number of carboxylic acid groups (broad SMARTS) is 1. The maximum Gasteiger partial charge on any atom is 0.321 e. The highest BCUT2D eigenvalue weighted by Gasteiger charge is 2.24. The molecule has 0 fully saturated rings. The van der Waals surface area contributed by atoms with Gasteiger partial charge in [0.05, 0.1) is 0 Å². The minimum Gasteiger partial charge on any atom is -0.480 e. The molecule has 0 aromatic carbocycles. The molecule has 2 heterocycles. The molecule has 0 saturated heterocycles. The van der Waals surface area contributed by atoms with Gasteiger partial charge in [0, 0.05) is 13.1 Å². The molecular formula is C9H12N2O2. The van der Waals surface area contributed by atoms with Crippen molar-refractivity contribution in [3.8, 4) is 0 Å². The van der Waals surface area contributed by atoms with E-state index in [-0.39, 0.29) is 0 Å². The lowest BCUT2D eigenvalue weighted by Crippen LogP contribution is -2.43. The zero-order valence-corrected chi connectivity index (χ0v) is 7.21. The SMILES string of the molecule is O=C(O)C1CC2=C(C=CNC2)CN1. The number of dihydropyridines is 1. The van der Waals surface area contributed by atoms with Crippen LogP contribution in [0.15, 0.2) is 23.4 Å². The summed E-state index contributed by atoms with van der Waals surface area (Å²) in [6.45, 7) is 1.46. The minimum absolute atomic E-state index is 0.410. The van der Waals surface area contributed by atoms with Crippen LogP contribution in [0.4, 0.5) is 0 Å². The lowest BCUT2D eigenvalue weighted by atomic mass is 9.94. The van der Waals surface area contributed by atoms with E-state index in [2.05, 4.69) is 10.6 Å². The Hall–Kier alpha value is -1.29. The lowest BCUT2D eigenvalue weighted by molar-refractivity contribution is -0.139. The van der Waals surface area contributed by atoms with Crippen LogP contribution in [0.5, 0.6) is 0 Å². The molecule has 2 rings (SSSR count). The fourth-order valence-corrected chi connectivity index (χ4v) is 1.69. The summed E-state index contributed by atoms with van der Waals surface area (Å²) in [5.74, 6) is -0.763.